The Balaban J connectivity index is 2.26. The van der Waals surface area contributed by atoms with Crippen LogP contribution in [0.2, 0.25) is 0 Å². The molecular formula is C14H20N2O7S. The number of hydrogen-bond donors (Lipinski definition) is 3. The summed E-state index contributed by atoms with van der Waals surface area (Å²) < 4.78 is 36.0. The second-order valence-electron chi connectivity index (χ2n) is 5.66. The molecule has 1 aliphatic rings. The molecule has 134 valence electrons. The van der Waals surface area contributed by atoms with Crippen molar-refractivity contribution in [3.8, 4) is 0 Å². The summed E-state index contributed by atoms with van der Waals surface area (Å²) >= 11 is 0. The van der Waals surface area contributed by atoms with Gasteiger partial charge in [-0.1, -0.05) is 0 Å². The van der Waals surface area contributed by atoms with Crippen LogP contribution in [-0.2, 0) is 19.6 Å². The van der Waals surface area contributed by atoms with E-state index in [-0.39, 0.29) is 22.8 Å². The van der Waals surface area contributed by atoms with Gasteiger partial charge in [0.1, 0.15) is 5.76 Å². The summed E-state index contributed by atoms with van der Waals surface area (Å²) in [5.41, 5.74) is -0.868. The van der Waals surface area contributed by atoms with Crippen molar-refractivity contribution in [2.24, 2.45) is 0 Å². The van der Waals surface area contributed by atoms with Gasteiger partial charge in [0, 0.05) is 19.3 Å². The van der Waals surface area contributed by atoms with Crippen molar-refractivity contribution in [3.05, 3.63) is 17.4 Å². The zero-order chi connectivity index (χ0) is 18.0. The molecule has 10 heteroatoms. The Hall–Kier alpha value is -1.91. The Labute approximate surface area is 139 Å². The zero-order valence-electron chi connectivity index (χ0n) is 13.4. The largest absolute Gasteiger partial charge is 0.481 e. The minimum absolute atomic E-state index is 0.0556. The van der Waals surface area contributed by atoms with Gasteiger partial charge in [0.25, 0.3) is 15.9 Å². The number of carboxylic acids is 1. The smallest absolute Gasteiger partial charge is 0.305 e. The molecule has 0 saturated carbocycles. The summed E-state index contributed by atoms with van der Waals surface area (Å²) in [6, 6.07) is 1.13. The van der Waals surface area contributed by atoms with Crippen molar-refractivity contribution in [1.29, 1.82) is 0 Å². The van der Waals surface area contributed by atoms with Crippen LogP contribution in [0.25, 0.3) is 0 Å². The molecule has 9 nitrogen and oxygen atoms in total. The monoisotopic (exact) mass is 360 g/mol. The molecule has 3 N–H and O–H groups in total. The third-order valence-electron chi connectivity index (χ3n) is 3.99. The van der Waals surface area contributed by atoms with Gasteiger partial charge >= 0.3 is 5.97 Å². The van der Waals surface area contributed by atoms with Crippen molar-refractivity contribution >= 4 is 21.9 Å². The summed E-state index contributed by atoms with van der Waals surface area (Å²) in [7, 11) is -2.58. The molecule has 1 saturated heterocycles. The molecule has 1 aliphatic heterocycles. The summed E-state index contributed by atoms with van der Waals surface area (Å²) in [6.45, 7) is 2.16. The highest BCUT2D eigenvalue weighted by Gasteiger charge is 2.37. The van der Waals surface area contributed by atoms with E-state index in [2.05, 4.69) is 10.0 Å². The number of nitrogens with one attached hydrogen (secondary N) is 2. The molecule has 0 aromatic carbocycles. The number of sulfonamides is 1. The molecule has 2 heterocycles. The van der Waals surface area contributed by atoms with Crippen LogP contribution < -0.4 is 10.0 Å². The first-order valence-corrected chi connectivity index (χ1v) is 8.83. The minimum atomic E-state index is -3.81. The molecule has 0 radical (unpaired) electrons. The normalized spacial score (nSPS) is 17.4. The summed E-state index contributed by atoms with van der Waals surface area (Å²) in [5, 5.41) is 11.5. The van der Waals surface area contributed by atoms with Crippen molar-refractivity contribution in [2.45, 2.75) is 36.8 Å². The van der Waals surface area contributed by atoms with Crippen LogP contribution >= 0.6 is 0 Å². The van der Waals surface area contributed by atoms with Gasteiger partial charge in [-0.2, -0.15) is 0 Å². The molecule has 0 atom stereocenters. The number of carboxylic acid groups (broad SMARTS) is 1. The van der Waals surface area contributed by atoms with Gasteiger partial charge in [0.15, 0.2) is 0 Å². The lowest BCUT2D eigenvalue weighted by molar-refractivity contribution is -0.139. The fourth-order valence-corrected chi connectivity index (χ4v) is 3.33. The van der Waals surface area contributed by atoms with Crippen LogP contribution in [0.1, 0.15) is 35.4 Å². The van der Waals surface area contributed by atoms with Crippen LogP contribution in [-0.4, -0.2) is 51.2 Å². The lowest BCUT2D eigenvalue weighted by Gasteiger charge is -2.36. The predicted octanol–water partition coefficient (Wildman–Crippen LogP) is 0.250. The van der Waals surface area contributed by atoms with Gasteiger partial charge in [0.05, 0.1) is 17.5 Å². The molecule has 1 aromatic heterocycles. The molecule has 0 aliphatic carbocycles. The number of hydrogen-bond acceptors (Lipinski definition) is 6. The zero-order valence-corrected chi connectivity index (χ0v) is 14.2. The van der Waals surface area contributed by atoms with Crippen molar-refractivity contribution in [1.82, 2.24) is 10.0 Å². The van der Waals surface area contributed by atoms with E-state index in [0.717, 1.165) is 6.07 Å². The fraction of sp³-hybridized carbons (Fsp3) is 0.571. The topological polar surface area (TPSA) is 135 Å². The Morgan fingerprint density at radius 2 is 1.96 bits per heavy atom. The van der Waals surface area contributed by atoms with Gasteiger partial charge in [-0.3, -0.25) is 9.59 Å². The molecule has 1 aromatic rings. The predicted molar refractivity (Wildman–Crippen MR) is 82.2 cm³/mol. The van der Waals surface area contributed by atoms with Gasteiger partial charge in [-0.05, 0) is 26.8 Å². The van der Waals surface area contributed by atoms with E-state index < -0.39 is 27.4 Å². The highest BCUT2D eigenvalue weighted by Crippen LogP contribution is 2.26. The average molecular weight is 360 g/mol. The standard InChI is InChI=1S/C14H20N2O7S/c1-9-10(7-12(23-9)24(20,21)15-2)13(19)16-14(8-11(17)18)3-5-22-6-4-14/h7,15H,3-6,8H2,1-2H3,(H,16,19)(H,17,18). The molecule has 1 amide bonds. The first-order chi connectivity index (χ1) is 11.2. The summed E-state index contributed by atoms with van der Waals surface area (Å²) in [4.78, 5) is 23.7. The Bertz CT molecular complexity index is 732. The maximum absolute atomic E-state index is 12.5. The van der Waals surface area contributed by atoms with Crippen molar-refractivity contribution in [2.75, 3.05) is 20.3 Å². The van der Waals surface area contributed by atoms with E-state index in [4.69, 9.17) is 14.3 Å². The lowest BCUT2D eigenvalue weighted by Crippen LogP contribution is -2.53. The summed E-state index contributed by atoms with van der Waals surface area (Å²) in [5.74, 6) is -1.46. The first-order valence-electron chi connectivity index (χ1n) is 7.35. The molecule has 24 heavy (non-hydrogen) atoms. The highest BCUT2D eigenvalue weighted by atomic mass is 32.2. The lowest BCUT2D eigenvalue weighted by atomic mass is 9.86. The fourth-order valence-electron chi connectivity index (χ4n) is 2.62. The number of aryl methyl sites for hydroxylation is 1. The van der Waals surface area contributed by atoms with Gasteiger partial charge in [0.2, 0.25) is 5.09 Å². The quantitative estimate of drug-likeness (QED) is 0.662. The molecule has 1 fully saturated rings. The van der Waals surface area contributed by atoms with Gasteiger partial charge < -0.3 is 19.6 Å². The third kappa shape index (κ3) is 3.94. The Kier molecular flexibility index (Phi) is 5.31. The minimum Gasteiger partial charge on any atom is -0.481 e. The number of amides is 1. The molecule has 2 rings (SSSR count). The molecule has 0 bridgehead atoms. The van der Waals surface area contributed by atoms with Crippen LogP contribution in [0.3, 0.4) is 0 Å². The number of ether oxygens (including phenoxy) is 1. The SMILES string of the molecule is CNS(=O)(=O)c1cc(C(=O)NC2(CC(=O)O)CCOCC2)c(C)o1. The first kappa shape index (κ1) is 18.4. The number of furan rings is 1. The maximum atomic E-state index is 12.5. The van der Waals surface area contributed by atoms with E-state index in [1.165, 1.54) is 14.0 Å². The van der Waals surface area contributed by atoms with Crippen LogP contribution in [0.4, 0.5) is 0 Å². The Morgan fingerprint density at radius 3 is 2.50 bits per heavy atom. The van der Waals surface area contributed by atoms with Crippen molar-refractivity contribution < 1.29 is 32.3 Å². The van der Waals surface area contributed by atoms with Gasteiger partial charge in [-0.15, -0.1) is 0 Å². The van der Waals surface area contributed by atoms with E-state index in [0.29, 0.717) is 26.1 Å². The average Bonchev–Trinajstić information content (AvgIpc) is 2.90. The van der Waals surface area contributed by atoms with E-state index in [1.807, 2.05) is 0 Å². The molecule has 0 spiro atoms. The third-order valence-corrected chi connectivity index (χ3v) is 5.26. The number of carbonyl (C=O) groups is 2. The molecule has 0 unspecified atom stereocenters. The van der Waals surface area contributed by atoms with E-state index in [1.54, 1.807) is 0 Å². The summed E-state index contributed by atoms with van der Waals surface area (Å²) in [6.07, 6.45) is 0.494. The van der Waals surface area contributed by atoms with Crippen LogP contribution in [0.5, 0.6) is 0 Å². The molecular weight excluding hydrogens is 340 g/mol. The second kappa shape index (κ2) is 6.91. The number of carbonyl (C=O) groups excluding carboxylic acids is 1. The maximum Gasteiger partial charge on any atom is 0.305 e. The van der Waals surface area contributed by atoms with Crippen LogP contribution in [0, 0.1) is 6.92 Å². The number of aliphatic carboxylic acids is 1. The highest BCUT2D eigenvalue weighted by molar-refractivity contribution is 7.89. The van der Waals surface area contributed by atoms with Crippen molar-refractivity contribution in [3.63, 3.8) is 0 Å². The van der Waals surface area contributed by atoms with Crippen LogP contribution in [0.15, 0.2) is 15.6 Å². The number of rotatable bonds is 6. The van der Waals surface area contributed by atoms with Gasteiger partial charge in [-0.25, -0.2) is 13.1 Å². The Morgan fingerprint density at radius 1 is 1.33 bits per heavy atom. The second-order valence-corrected chi connectivity index (χ2v) is 7.48. The van der Waals surface area contributed by atoms with E-state index in [9.17, 15) is 18.0 Å². The van der Waals surface area contributed by atoms with E-state index >= 15 is 0 Å².